The normalized spacial score (nSPS) is 26.9. The van der Waals surface area contributed by atoms with Crippen molar-refractivity contribution in [2.45, 2.75) is 6.42 Å². The van der Waals surface area contributed by atoms with E-state index in [0.29, 0.717) is 17.9 Å². The molecule has 0 aromatic carbocycles. The molecule has 1 saturated heterocycles. The van der Waals surface area contributed by atoms with Crippen LogP contribution in [0, 0.1) is 5.92 Å². The highest BCUT2D eigenvalue weighted by Crippen LogP contribution is 2.23. The Hall–Kier alpha value is -0.340. The quantitative estimate of drug-likeness (QED) is 0.450. The Balaban J connectivity index is 2.46. The standard InChI is InChI=1S/C7H9ClO2/c8-7(1-3-9)6-2-4-10-5-6/h1,3,6H,2,4-5H2/b7-1-. The minimum Gasteiger partial charge on any atom is -0.381 e. The molecule has 56 valence electrons. The Bertz CT molecular complexity index is 148. The highest BCUT2D eigenvalue weighted by molar-refractivity contribution is 6.30. The van der Waals surface area contributed by atoms with E-state index >= 15 is 0 Å². The molecule has 0 spiro atoms. The highest BCUT2D eigenvalue weighted by atomic mass is 35.5. The summed E-state index contributed by atoms with van der Waals surface area (Å²) >= 11 is 5.74. The van der Waals surface area contributed by atoms with E-state index in [1.54, 1.807) is 0 Å². The Morgan fingerprint density at radius 3 is 3.00 bits per heavy atom. The fraction of sp³-hybridized carbons (Fsp3) is 0.571. The molecule has 1 unspecified atom stereocenters. The molecule has 0 radical (unpaired) electrons. The fourth-order valence-corrected chi connectivity index (χ4v) is 1.18. The fourth-order valence-electron chi connectivity index (χ4n) is 0.953. The number of carbonyl (C=O) groups excluding carboxylic acids is 1. The van der Waals surface area contributed by atoms with Gasteiger partial charge in [0.1, 0.15) is 6.29 Å². The van der Waals surface area contributed by atoms with Gasteiger partial charge in [0.2, 0.25) is 0 Å². The second-order valence-corrected chi connectivity index (χ2v) is 2.68. The molecule has 0 aliphatic carbocycles. The number of hydrogen-bond acceptors (Lipinski definition) is 2. The summed E-state index contributed by atoms with van der Waals surface area (Å²) in [6, 6.07) is 0. The molecule has 1 aliphatic heterocycles. The van der Waals surface area contributed by atoms with Crippen molar-refractivity contribution >= 4 is 17.9 Å². The number of carbonyl (C=O) groups is 1. The molecule has 1 atom stereocenters. The third kappa shape index (κ3) is 1.82. The molecule has 0 aromatic heterocycles. The summed E-state index contributed by atoms with van der Waals surface area (Å²) in [6.07, 6.45) is 3.03. The average Bonchev–Trinajstić information content (AvgIpc) is 2.38. The first-order valence-electron chi connectivity index (χ1n) is 3.23. The first kappa shape index (κ1) is 7.76. The number of halogens is 1. The molecule has 3 heteroatoms. The molecule has 10 heavy (non-hydrogen) atoms. The van der Waals surface area contributed by atoms with Crippen molar-refractivity contribution in [1.82, 2.24) is 0 Å². The van der Waals surface area contributed by atoms with Gasteiger partial charge in [0.15, 0.2) is 0 Å². The molecule has 0 bridgehead atoms. The molecule has 1 fully saturated rings. The zero-order valence-electron chi connectivity index (χ0n) is 5.55. The molecule has 1 heterocycles. The van der Waals surface area contributed by atoms with Crippen LogP contribution in [-0.2, 0) is 9.53 Å². The van der Waals surface area contributed by atoms with Crippen LogP contribution >= 0.6 is 11.6 Å². The van der Waals surface area contributed by atoms with E-state index in [-0.39, 0.29) is 5.92 Å². The van der Waals surface area contributed by atoms with Crippen molar-refractivity contribution in [2.24, 2.45) is 5.92 Å². The topological polar surface area (TPSA) is 26.3 Å². The van der Waals surface area contributed by atoms with Crippen LogP contribution in [-0.4, -0.2) is 19.5 Å². The van der Waals surface area contributed by atoms with Gasteiger partial charge in [-0.25, -0.2) is 0 Å². The van der Waals surface area contributed by atoms with Crippen molar-refractivity contribution in [3.8, 4) is 0 Å². The van der Waals surface area contributed by atoms with Crippen molar-refractivity contribution in [1.29, 1.82) is 0 Å². The third-order valence-electron chi connectivity index (χ3n) is 1.55. The Kier molecular flexibility index (Phi) is 2.90. The highest BCUT2D eigenvalue weighted by Gasteiger charge is 2.17. The summed E-state index contributed by atoms with van der Waals surface area (Å²) in [5.41, 5.74) is 0. The van der Waals surface area contributed by atoms with Gasteiger partial charge in [-0.3, -0.25) is 4.79 Å². The molecule has 0 N–H and O–H groups in total. The molecular weight excluding hydrogens is 152 g/mol. The van der Waals surface area contributed by atoms with E-state index in [2.05, 4.69) is 0 Å². The minimum absolute atomic E-state index is 0.256. The number of allylic oxidation sites excluding steroid dienone is 1. The van der Waals surface area contributed by atoms with Crippen molar-refractivity contribution in [3.63, 3.8) is 0 Å². The van der Waals surface area contributed by atoms with Crippen molar-refractivity contribution < 1.29 is 9.53 Å². The lowest BCUT2D eigenvalue weighted by molar-refractivity contribution is -0.104. The number of aldehydes is 1. The lowest BCUT2D eigenvalue weighted by Gasteiger charge is -2.02. The summed E-state index contributed by atoms with van der Waals surface area (Å²) in [4.78, 5) is 9.97. The van der Waals surface area contributed by atoms with E-state index in [1.807, 2.05) is 0 Å². The van der Waals surface area contributed by atoms with Crippen molar-refractivity contribution in [3.05, 3.63) is 11.1 Å². The second kappa shape index (κ2) is 3.74. The number of rotatable bonds is 2. The minimum atomic E-state index is 0.256. The summed E-state index contributed by atoms with van der Waals surface area (Å²) < 4.78 is 5.08. The van der Waals surface area contributed by atoms with Gasteiger partial charge in [-0.15, -0.1) is 0 Å². The summed E-state index contributed by atoms with van der Waals surface area (Å²) in [5, 5.41) is 0.618. The van der Waals surface area contributed by atoms with Crippen LogP contribution in [0.4, 0.5) is 0 Å². The molecule has 0 amide bonds. The molecule has 2 nitrogen and oxygen atoms in total. The molecule has 1 aliphatic rings. The van der Waals surface area contributed by atoms with Crippen LogP contribution in [0.5, 0.6) is 0 Å². The number of ether oxygens (including phenoxy) is 1. The van der Waals surface area contributed by atoms with Gasteiger partial charge in [-0.05, 0) is 12.5 Å². The van der Waals surface area contributed by atoms with Gasteiger partial charge in [0, 0.05) is 17.6 Å². The van der Waals surface area contributed by atoms with E-state index in [1.165, 1.54) is 6.08 Å². The van der Waals surface area contributed by atoms with E-state index < -0.39 is 0 Å². The Morgan fingerprint density at radius 2 is 2.50 bits per heavy atom. The van der Waals surface area contributed by atoms with Crippen LogP contribution in [0.2, 0.25) is 0 Å². The maximum absolute atomic E-state index is 9.97. The monoisotopic (exact) mass is 160 g/mol. The SMILES string of the molecule is O=C/C=C(\Cl)C1CCOC1. The lowest BCUT2D eigenvalue weighted by Crippen LogP contribution is -1.98. The van der Waals surface area contributed by atoms with Crippen LogP contribution in [0.1, 0.15) is 6.42 Å². The van der Waals surface area contributed by atoms with Crippen LogP contribution in [0.25, 0.3) is 0 Å². The van der Waals surface area contributed by atoms with Gasteiger partial charge in [-0.2, -0.15) is 0 Å². The van der Waals surface area contributed by atoms with Crippen molar-refractivity contribution in [2.75, 3.05) is 13.2 Å². The van der Waals surface area contributed by atoms with Gasteiger partial charge in [0.05, 0.1) is 6.61 Å². The molecule has 0 saturated carbocycles. The maximum atomic E-state index is 9.97. The van der Waals surface area contributed by atoms with Gasteiger partial charge >= 0.3 is 0 Å². The maximum Gasteiger partial charge on any atom is 0.144 e. The lowest BCUT2D eigenvalue weighted by atomic mass is 10.1. The first-order valence-corrected chi connectivity index (χ1v) is 3.61. The van der Waals surface area contributed by atoms with E-state index in [0.717, 1.165) is 13.0 Å². The molecular formula is C7H9ClO2. The summed E-state index contributed by atoms with van der Waals surface area (Å²) in [6.45, 7) is 1.41. The Morgan fingerprint density at radius 1 is 1.70 bits per heavy atom. The second-order valence-electron chi connectivity index (χ2n) is 2.25. The van der Waals surface area contributed by atoms with E-state index in [4.69, 9.17) is 16.3 Å². The third-order valence-corrected chi connectivity index (χ3v) is 1.98. The smallest absolute Gasteiger partial charge is 0.144 e. The average molecular weight is 161 g/mol. The van der Waals surface area contributed by atoms with Crippen LogP contribution < -0.4 is 0 Å². The van der Waals surface area contributed by atoms with Crippen LogP contribution in [0.3, 0.4) is 0 Å². The van der Waals surface area contributed by atoms with Gasteiger partial charge < -0.3 is 4.74 Å². The first-order chi connectivity index (χ1) is 4.84. The van der Waals surface area contributed by atoms with Gasteiger partial charge in [-0.1, -0.05) is 11.6 Å². The largest absolute Gasteiger partial charge is 0.381 e. The Labute approximate surface area is 64.8 Å². The summed E-state index contributed by atoms with van der Waals surface area (Å²) in [5.74, 6) is 0.256. The van der Waals surface area contributed by atoms with Gasteiger partial charge in [0.25, 0.3) is 0 Å². The molecule has 1 rings (SSSR count). The predicted molar refractivity (Wildman–Crippen MR) is 38.9 cm³/mol. The zero-order valence-corrected chi connectivity index (χ0v) is 6.30. The van der Waals surface area contributed by atoms with Crippen LogP contribution in [0.15, 0.2) is 11.1 Å². The number of hydrogen-bond donors (Lipinski definition) is 0. The predicted octanol–water partition coefficient (Wildman–Crippen LogP) is 1.34. The zero-order chi connectivity index (χ0) is 7.40. The van der Waals surface area contributed by atoms with E-state index in [9.17, 15) is 4.79 Å². The summed E-state index contributed by atoms with van der Waals surface area (Å²) in [7, 11) is 0. The molecule has 0 aromatic rings.